The molecule has 3 aliphatic rings. The van der Waals surface area contributed by atoms with Crippen LogP contribution in [0.25, 0.3) is 0 Å². The highest BCUT2D eigenvalue weighted by Gasteiger charge is 2.53. The van der Waals surface area contributed by atoms with Gasteiger partial charge in [0, 0.05) is 6.42 Å². The molecule has 0 bridgehead atoms. The first kappa shape index (κ1) is 60.3. The first-order valence-electron chi connectivity index (χ1n) is 25.2. The van der Waals surface area contributed by atoms with Crippen molar-refractivity contribution in [2.24, 2.45) is 0 Å². The fourth-order valence-electron chi connectivity index (χ4n) is 8.50. The molecule has 0 radical (unpaired) electrons. The van der Waals surface area contributed by atoms with E-state index in [4.69, 9.17) is 28.4 Å². The average molecular weight is 978 g/mol. The van der Waals surface area contributed by atoms with Crippen molar-refractivity contribution >= 4 is 5.91 Å². The lowest BCUT2D eigenvalue weighted by molar-refractivity contribution is -0.379. The molecule has 0 spiro atoms. The Kier molecular flexibility index (Phi) is 30.5. The molecule has 3 heterocycles. The number of carbonyl (C=O) groups excluding carboxylic acids is 1. The Morgan fingerprint density at radius 3 is 1.59 bits per heavy atom. The molecule has 0 saturated carbocycles. The van der Waals surface area contributed by atoms with E-state index < -0.39 is 124 Å². The van der Waals surface area contributed by atoms with Gasteiger partial charge in [0.15, 0.2) is 18.9 Å². The summed E-state index contributed by atoms with van der Waals surface area (Å²) >= 11 is 0. The van der Waals surface area contributed by atoms with Crippen LogP contribution >= 0.6 is 0 Å². The van der Waals surface area contributed by atoms with Gasteiger partial charge in [0.05, 0.1) is 38.6 Å². The second kappa shape index (κ2) is 34.4. The molecule has 3 saturated heterocycles. The molecule has 0 aromatic rings. The molecule has 3 aliphatic heterocycles. The van der Waals surface area contributed by atoms with E-state index in [1.807, 2.05) is 0 Å². The Hall–Kier alpha value is -1.99. The zero-order valence-electron chi connectivity index (χ0n) is 40.3. The molecule has 3 fully saturated rings. The van der Waals surface area contributed by atoms with Gasteiger partial charge in [-0.05, 0) is 44.9 Å². The number of aliphatic hydroxyl groups excluding tert-OH is 11. The molecule has 19 heteroatoms. The van der Waals surface area contributed by atoms with E-state index in [2.05, 4.69) is 55.6 Å². The summed E-state index contributed by atoms with van der Waals surface area (Å²) in [6.45, 7) is 1.54. The van der Waals surface area contributed by atoms with E-state index in [1.54, 1.807) is 0 Å². The Morgan fingerprint density at radius 1 is 0.544 bits per heavy atom. The molecular formula is C49H87NO18. The van der Waals surface area contributed by atoms with Crippen LogP contribution in [-0.2, 0) is 33.2 Å². The number of hydrogen-bond acceptors (Lipinski definition) is 18. The number of amides is 1. The van der Waals surface area contributed by atoms with E-state index in [1.165, 1.54) is 0 Å². The Morgan fingerprint density at radius 2 is 1.01 bits per heavy atom. The standard InChI is InChI=1S/C49H87NO18/c1-3-5-7-9-11-12-13-14-15-16-17-18-19-20-21-23-25-27-37(55)50-32(33(54)26-24-22-10-8-6-4-2)31-63-47-43(61)40(58)45(35(29-52)65-47)68-49-44(62)41(59)46(36(30-53)66-49)67-48-42(60)39(57)38(56)34(28-51)64-48/h5,7,11-12,14-15,32-36,38-49,51-54,56-62H,3-4,6,8-10,13,16-31H2,1-2H3,(H,50,55)/b7-5-,12-11-,15-14-. The van der Waals surface area contributed by atoms with Gasteiger partial charge in [-0.25, -0.2) is 0 Å². The minimum absolute atomic E-state index is 0.253. The minimum atomic E-state index is -1.97. The number of nitrogens with one attached hydrogen (secondary N) is 1. The van der Waals surface area contributed by atoms with Crippen molar-refractivity contribution in [1.82, 2.24) is 5.32 Å². The van der Waals surface area contributed by atoms with Crippen molar-refractivity contribution in [3.8, 4) is 0 Å². The molecule has 1 amide bonds. The molecule has 19 nitrogen and oxygen atoms in total. The van der Waals surface area contributed by atoms with E-state index >= 15 is 0 Å². The Bertz CT molecular complexity index is 1400. The van der Waals surface area contributed by atoms with E-state index in [0.717, 1.165) is 103 Å². The Balaban J connectivity index is 1.51. The maximum absolute atomic E-state index is 13.2. The fraction of sp³-hybridized carbons (Fsp3) is 0.857. The van der Waals surface area contributed by atoms with Crippen molar-refractivity contribution in [2.75, 3.05) is 26.4 Å². The van der Waals surface area contributed by atoms with Crippen molar-refractivity contribution in [3.05, 3.63) is 36.5 Å². The van der Waals surface area contributed by atoms with Crippen LogP contribution in [0.15, 0.2) is 36.5 Å². The molecule has 17 unspecified atom stereocenters. The molecular weight excluding hydrogens is 891 g/mol. The predicted octanol–water partition coefficient (Wildman–Crippen LogP) is 1.42. The van der Waals surface area contributed by atoms with E-state index in [9.17, 15) is 61.0 Å². The third-order valence-corrected chi connectivity index (χ3v) is 12.7. The maximum atomic E-state index is 13.2. The van der Waals surface area contributed by atoms with Crippen LogP contribution in [0.1, 0.15) is 136 Å². The summed E-state index contributed by atoms with van der Waals surface area (Å²) < 4.78 is 34.0. The van der Waals surface area contributed by atoms with Crippen LogP contribution in [0.2, 0.25) is 0 Å². The maximum Gasteiger partial charge on any atom is 0.220 e. The van der Waals surface area contributed by atoms with Crippen LogP contribution < -0.4 is 5.32 Å². The summed E-state index contributed by atoms with van der Waals surface area (Å²) in [5, 5.41) is 119. The van der Waals surface area contributed by atoms with Crippen LogP contribution in [0.5, 0.6) is 0 Å². The van der Waals surface area contributed by atoms with Crippen molar-refractivity contribution < 1.29 is 89.4 Å². The number of hydrogen-bond donors (Lipinski definition) is 12. The lowest BCUT2D eigenvalue weighted by Crippen LogP contribution is -2.66. The predicted molar refractivity (Wildman–Crippen MR) is 249 cm³/mol. The Labute approximate surface area is 402 Å². The molecule has 12 N–H and O–H groups in total. The van der Waals surface area contributed by atoms with Gasteiger partial charge in [0.2, 0.25) is 5.91 Å². The van der Waals surface area contributed by atoms with Crippen molar-refractivity contribution in [1.29, 1.82) is 0 Å². The van der Waals surface area contributed by atoms with E-state index in [0.29, 0.717) is 12.8 Å². The number of rotatable bonds is 34. The molecule has 68 heavy (non-hydrogen) atoms. The minimum Gasteiger partial charge on any atom is -0.394 e. The molecule has 17 atom stereocenters. The number of unbranched alkanes of at least 4 members (excludes halogenated alkanes) is 12. The lowest BCUT2D eigenvalue weighted by atomic mass is 9.96. The highest BCUT2D eigenvalue weighted by Crippen LogP contribution is 2.33. The second-order valence-electron chi connectivity index (χ2n) is 18.3. The van der Waals surface area contributed by atoms with Crippen LogP contribution in [0.4, 0.5) is 0 Å². The first-order valence-corrected chi connectivity index (χ1v) is 25.2. The number of aliphatic hydroxyl groups is 11. The molecule has 0 aliphatic carbocycles. The first-order chi connectivity index (χ1) is 32.8. The highest BCUT2D eigenvalue weighted by atomic mass is 16.8. The number of allylic oxidation sites excluding steroid dienone is 6. The van der Waals surface area contributed by atoms with Gasteiger partial charge in [0.1, 0.15) is 73.2 Å². The monoisotopic (exact) mass is 978 g/mol. The lowest BCUT2D eigenvalue weighted by Gasteiger charge is -2.48. The van der Waals surface area contributed by atoms with Crippen molar-refractivity contribution in [2.45, 2.75) is 240 Å². The largest absolute Gasteiger partial charge is 0.394 e. The van der Waals surface area contributed by atoms with E-state index in [-0.39, 0.29) is 18.9 Å². The number of carbonyl (C=O) groups is 1. The molecule has 3 rings (SSSR count). The van der Waals surface area contributed by atoms with Crippen LogP contribution in [-0.4, -0.2) is 193 Å². The quantitative estimate of drug-likeness (QED) is 0.0321. The van der Waals surface area contributed by atoms with Gasteiger partial charge in [0.25, 0.3) is 0 Å². The zero-order chi connectivity index (χ0) is 49.8. The normalized spacial score (nSPS) is 33.5. The third kappa shape index (κ3) is 20.3. The summed E-state index contributed by atoms with van der Waals surface area (Å²) in [5.41, 5.74) is 0. The van der Waals surface area contributed by atoms with Crippen LogP contribution in [0, 0.1) is 0 Å². The van der Waals surface area contributed by atoms with Gasteiger partial charge in [-0.15, -0.1) is 0 Å². The molecule has 0 aromatic carbocycles. The summed E-state index contributed by atoms with van der Waals surface area (Å²) in [6, 6.07) is -0.888. The van der Waals surface area contributed by atoms with Gasteiger partial charge in [-0.2, -0.15) is 0 Å². The smallest absolute Gasteiger partial charge is 0.220 e. The highest BCUT2D eigenvalue weighted by molar-refractivity contribution is 5.76. The SMILES string of the molecule is CC/C=C\C/C=C\C/C=C\CCCCCCCCCC(=O)NC(COC1OC(CO)C(OC2OC(CO)C(OC3OC(CO)C(O)C(O)C3O)C(O)C2O)C(O)C1O)C(O)CCCCCCCC. The number of ether oxygens (including phenoxy) is 6. The summed E-state index contributed by atoms with van der Waals surface area (Å²) in [5.74, 6) is -0.262. The molecule has 0 aromatic heterocycles. The third-order valence-electron chi connectivity index (χ3n) is 12.7. The van der Waals surface area contributed by atoms with Gasteiger partial charge >= 0.3 is 0 Å². The van der Waals surface area contributed by atoms with Gasteiger partial charge < -0.3 is 89.9 Å². The molecule has 396 valence electrons. The van der Waals surface area contributed by atoms with Crippen LogP contribution in [0.3, 0.4) is 0 Å². The fourth-order valence-corrected chi connectivity index (χ4v) is 8.50. The topological polar surface area (TPSA) is 307 Å². The van der Waals surface area contributed by atoms with Gasteiger partial charge in [-0.1, -0.05) is 121 Å². The van der Waals surface area contributed by atoms with Gasteiger partial charge in [-0.3, -0.25) is 4.79 Å². The second-order valence-corrected chi connectivity index (χ2v) is 18.3. The van der Waals surface area contributed by atoms with Crippen molar-refractivity contribution in [3.63, 3.8) is 0 Å². The summed E-state index contributed by atoms with van der Waals surface area (Å²) in [4.78, 5) is 13.2. The summed E-state index contributed by atoms with van der Waals surface area (Å²) in [7, 11) is 0. The zero-order valence-corrected chi connectivity index (χ0v) is 40.3. The average Bonchev–Trinajstić information content (AvgIpc) is 3.33. The summed E-state index contributed by atoms with van der Waals surface area (Å²) in [6.07, 6.45) is 4.44.